The third kappa shape index (κ3) is 6.97. The van der Waals surface area contributed by atoms with E-state index in [2.05, 4.69) is 35.1 Å². The van der Waals surface area contributed by atoms with Crippen LogP contribution in [0.5, 0.6) is 0 Å². The lowest BCUT2D eigenvalue weighted by molar-refractivity contribution is -0.137. The van der Waals surface area contributed by atoms with Gasteiger partial charge in [0.1, 0.15) is 0 Å². The van der Waals surface area contributed by atoms with Crippen LogP contribution in [0.25, 0.3) is 22.1 Å². The number of rotatable bonds is 7. The molecule has 1 aliphatic rings. The standard InChI is InChI=1S/C14H10ClF3N4O2S.C12H15N5O3S/c15-11-4-3-8(6-10(11)14(16,17)18)7-20-25(23,24)13-9-2-1-5-19-12(9)21-22-13;13-10(18)8-3-6-17(7-4-8)21(19,20)12-9-2-1-5-14-11(9)15-16-12/h1-6,20H,7H2,(H,19,21,22);1-2,5,8H,3-4,6-7H2,(H2,13,18)(H,14,15,16). The Morgan fingerprint density at radius 1 is 0.957 bits per heavy atom. The second kappa shape index (κ2) is 12.9. The van der Waals surface area contributed by atoms with Gasteiger partial charge in [-0.05, 0) is 54.8 Å². The number of sulfonamides is 2. The number of alkyl halides is 3. The van der Waals surface area contributed by atoms with Crippen LogP contribution in [0.15, 0.2) is 64.9 Å². The van der Waals surface area contributed by atoms with E-state index in [9.17, 15) is 34.8 Å². The SMILES string of the molecule is NC(=O)C1CCN(S(=O)(=O)c2[nH]nc3ncccc23)CC1.O=S(=O)(NCc1ccc(Cl)c(C(F)(F)F)c1)c1[nH]nc2ncccc12. The van der Waals surface area contributed by atoms with Crippen molar-refractivity contribution in [1.82, 2.24) is 39.4 Å². The monoisotopic (exact) mass is 699 g/mol. The number of hydrogen-bond donors (Lipinski definition) is 4. The normalized spacial score (nSPS) is 15.1. The van der Waals surface area contributed by atoms with E-state index in [0.29, 0.717) is 23.9 Å². The van der Waals surface area contributed by atoms with Gasteiger partial charge in [-0.1, -0.05) is 17.7 Å². The van der Waals surface area contributed by atoms with Crippen LogP contribution in [0, 0.1) is 5.92 Å². The first-order chi connectivity index (χ1) is 21.7. The third-order valence-electron chi connectivity index (χ3n) is 7.11. The van der Waals surface area contributed by atoms with Gasteiger partial charge >= 0.3 is 6.18 Å². The molecule has 5 heterocycles. The highest BCUT2D eigenvalue weighted by atomic mass is 35.5. The molecule has 0 unspecified atom stereocenters. The summed E-state index contributed by atoms with van der Waals surface area (Å²) in [5.41, 5.74) is 4.93. The quantitative estimate of drug-likeness (QED) is 0.196. The van der Waals surface area contributed by atoms with Crippen molar-refractivity contribution < 1.29 is 34.8 Å². The van der Waals surface area contributed by atoms with Crippen molar-refractivity contribution in [3.05, 3.63) is 71.0 Å². The summed E-state index contributed by atoms with van der Waals surface area (Å²) in [5, 5.41) is 12.7. The first kappa shape index (κ1) is 33.2. The van der Waals surface area contributed by atoms with E-state index in [1.165, 1.54) is 22.6 Å². The van der Waals surface area contributed by atoms with Gasteiger partial charge in [0, 0.05) is 37.9 Å². The van der Waals surface area contributed by atoms with Gasteiger partial charge < -0.3 is 5.73 Å². The first-order valence-electron chi connectivity index (χ1n) is 13.4. The van der Waals surface area contributed by atoms with E-state index in [-0.39, 0.29) is 58.1 Å². The molecule has 1 aromatic carbocycles. The summed E-state index contributed by atoms with van der Waals surface area (Å²) in [6.07, 6.45) is -0.730. The lowest BCUT2D eigenvalue weighted by Crippen LogP contribution is -2.41. The zero-order chi connectivity index (χ0) is 33.3. The molecule has 1 aliphatic heterocycles. The minimum atomic E-state index is -4.63. The summed E-state index contributed by atoms with van der Waals surface area (Å²) in [7, 11) is -7.69. The summed E-state index contributed by atoms with van der Waals surface area (Å²) in [6.45, 7) is 0.205. The van der Waals surface area contributed by atoms with Gasteiger partial charge in [0.2, 0.25) is 5.91 Å². The number of carbonyl (C=O) groups is 1. The third-order valence-corrected chi connectivity index (χ3v) is 10.7. The lowest BCUT2D eigenvalue weighted by Gasteiger charge is -2.29. The van der Waals surface area contributed by atoms with Crippen LogP contribution in [-0.2, 0) is 37.6 Å². The van der Waals surface area contributed by atoms with Gasteiger partial charge in [0.15, 0.2) is 21.3 Å². The molecular formula is C26H25ClF3N9O5S2. The molecule has 5 N–H and O–H groups in total. The van der Waals surface area contributed by atoms with Crippen molar-refractivity contribution in [3.63, 3.8) is 0 Å². The molecule has 46 heavy (non-hydrogen) atoms. The molecule has 0 atom stereocenters. The maximum atomic E-state index is 12.9. The molecule has 0 aliphatic carbocycles. The van der Waals surface area contributed by atoms with E-state index in [1.54, 1.807) is 24.4 Å². The second-order valence-electron chi connectivity index (χ2n) is 10.1. The average Bonchev–Trinajstić information content (AvgIpc) is 3.66. The molecule has 244 valence electrons. The zero-order valence-electron chi connectivity index (χ0n) is 23.5. The molecule has 4 aromatic heterocycles. The number of nitrogens with two attached hydrogens (primary N) is 1. The van der Waals surface area contributed by atoms with Crippen molar-refractivity contribution in [2.75, 3.05) is 13.1 Å². The average molecular weight is 700 g/mol. The molecule has 1 amide bonds. The summed E-state index contributed by atoms with van der Waals surface area (Å²) in [4.78, 5) is 19.1. The topological polar surface area (TPSA) is 210 Å². The number of benzene rings is 1. The number of aromatic nitrogens is 6. The summed E-state index contributed by atoms with van der Waals surface area (Å²) >= 11 is 5.54. The Labute approximate surface area is 264 Å². The van der Waals surface area contributed by atoms with E-state index in [4.69, 9.17) is 17.3 Å². The molecule has 5 aromatic rings. The van der Waals surface area contributed by atoms with E-state index >= 15 is 0 Å². The number of hydrogen-bond acceptors (Lipinski definition) is 9. The molecule has 0 saturated carbocycles. The number of pyridine rings is 2. The number of fused-ring (bicyclic) bond motifs is 2. The van der Waals surface area contributed by atoms with E-state index < -0.39 is 36.8 Å². The minimum Gasteiger partial charge on any atom is -0.369 e. The predicted octanol–water partition coefficient (Wildman–Crippen LogP) is 2.95. The highest BCUT2D eigenvalue weighted by Gasteiger charge is 2.34. The molecule has 0 spiro atoms. The number of nitrogens with one attached hydrogen (secondary N) is 3. The number of halogens is 4. The number of aromatic amines is 2. The van der Waals surface area contributed by atoms with Crippen LogP contribution < -0.4 is 10.5 Å². The van der Waals surface area contributed by atoms with Crippen LogP contribution in [0.2, 0.25) is 5.02 Å². The molecule has 1 saturated heterocycles. The Kier molecular flexibility index (Phi) is 9.32. The fourth-order valence-corrected chi connectivity index (χ4v) is 7.60. The van der Waals surface area contributed by atoms with Gasteiger partial charge in [-0.2, -0.15) is 27.7 Å². The molecule has 14 nitrogen and oxygen atoms in total. The van der Waals surface area contributed by atoms with Crippen molar-refractivity contribution >= 4 is 59.6 Å². The van der Waals surface area contributed by atoms with Crippen LogP contribution in [0.4, 0.5) is 13.2 Å². The molecule has 6 rings (SSSR count). The number of H-pyrrole nitrogens is 2. The fraction of sp³-hybridized carbons (Fsp3) is 0.269. The number of carbonyl (C=O) groups excluding carboxylic acids is 1. The summed E-state index contributed by atoms with van der Waals surface area (Å²) < 4.78 is 92.2. The molecular weight excluding hydrogens is 675 g/mol. The van der Waals surface area contributed by atoms with E-state index in [0.717, 1.165) is 12.1 Å². The lowest BCUT2D eigenvalue weighted by atomic mass is 9.98. The highest BCUT2D eigenvalue weighted by molar-refractivity contribution is 7.89. The molecule has 0 bridgehead atoms. The smallest absolute Gasteiger partial charge is 0.369 e. The maximum Gasteiger partial charge on any atom is 0.417 e. The number of piperidine rings is 1. The zero-order valence-corrected chi connectivity index (χ0v) is 25.9. The largest absolute Gasteiger partial charge is 0.417 e. The van der Waals surface area contributed by atoms with Crippen LogP contribution in [-0.4, -0.2) is 70.5 Å². The second-order valence-corrected chi connectivity index (χ2v) is 14.1. The fourth-order valence-electron chi connectivity index (χ4n) is 4.72. The van der Waals surface area contributed by atoms with E-state index in [1.807, 2.05) is 0 Å². The van der Waals surface area contributed by atoms with Crippen molar-refractivity contribution in [2.45, 2.75) is 35.6 Å². The number of amides is 1. The Morgan fingerprint density at radius 3 is 2.09 bits per heavy atom. The van der Waals surface area contributed by atoms with Crippen LogP contribution >= 0.6 is 11.6 Å². The Bertz CT molecular complexity index is 2110. The van der Waals surface area contributed by atoms with Gasteiger partial charge in [0.05, 0.1) is 21.4 Å². The van der Waals surface area contributed by atoms with Crippen molar-refractivity contribution in [3.8, 4) is 0 Å². The van der Waals surface area contributed by atoms with Crippen LogP contribution in [0.1, 0.15) is 24.0 Å². The van der Waals surface area contributed by atoms with Crippen molar-refractivity contribution in [1.29, 1.82) is 0 Å². The number of primary amides is 1. The predicted molar refractivity (Wildman–Crippen MR) is 159 cm³/mol. The van der Waals surface area contributed by atoms with Gasteiger partial charge in [-0.3, -0.25) is 15.0 Å². The summed E-state index contributed by atoms with van der Waals surface area (Å²) in [5.74, 6) is -0.625. The minimum absolute atomic E-state index is 0.0446. The van der Waals surface area contributed by atoms with Crippen molar-refractivity contribution in [2.24, 2.45) is 11.7 Å². The van der Waals surface area contributed by atoms with Gasteiger partial charge in [0.25, 0.3) is 20.0 Å². The first-order valence-corrected chi connectivity index (χ1v) is 16.7. The Balaban J connectivity index is 0.000000184. The molecule has 1 fully saturated rings. The van der Waals surface area contributed by atoms with Crippen LogP contribution in [0.3, 0.4) is 0 Å². The molecule has 0 radical (unpaired) electrons. The number of nitrogens with zero attached hydrogens (tertiary/aromatic N) is 5. The summed E-state index contributed by atoms with van der Waals surface area (Å²) in [6, 6.07) is 9.58. The Morgan fingerprint density at radius 2 is 1.52 bits per heavy atom. The van der Waals surface area contributed by atoms with Gasteiger partial charge in [-0.25, -0.2) is 31.5 Å². The Hall–Kier alpha value is -4.17. The highest BCUT2D eigenvalue weighted by Crippen LogP contribution is 2.35. The maximum absolute atomic E-state index is 12.9. The molecule has 20 heteroatoms. The van der Waals surface area contributed by atoms with Gasteiger partial charge in [-0.15, -0.1) is 0 Å².